The van der Waals surface area contributed by atoms with E-state index in [4.69, 9.17) is 13.6 Å². The van der Waals surface area contributed by atoms with Gasteiger partial charge in [-0.05, 0) is 82.3 Å². The fourth-order valence-corrected chi connectivity index (χ4v) is 5.14. The van der Waals surface area contributed by atoms with Crippen molar-refractivity contribution in [3.8, 4) is 17.2 Å². The molecule has 30 heavy (non-hydrogen) atoms. The van der Waals surface area contributed by atoms with Crippen molar-refractivity contribution in [1.29, 1.82) is 0 Å². The maximum absolute atomic E-state index is 14.0. The molecule has 3 aromatic carbocycles. The second kappa shape index (κ2) is 8.57. The van der Waals surface area contributed by atoms with Gasteiger partial charge in [0.25, 0.3) is 0 Å². The average Bonchev–Trinajstić information content (AvgIpc) is 2.64. The van der Waals surface area contributed by atoms with Gasteiger partial charge in [0.2, 0.25) is 0 Å². The average molecular weight is 424 g/mol. The van der Waals surface area contributed by atoms with Gasteiger partial charge in [0, 0.05) is 0 Å². The smallest absolute Gasteiger partial charge is 0.386 e. The summed E-state index contributed by atoms with van der Waals surface area (Å²) in [5, 5.41) is 0. The monoisotopic (exact) mass is 424 g/mol. The molecule has 5 heteroatoms. The molecule has 0 unspecified atom stereocenters. The van der Waals surface area contributed by atoms with E-state index in [9.17, 15) is 4.57 Å². The summed E-state index contributed by atoms with van der Waals surface area (Å²) in [6.07, 6.45) is 0. The molecule has 0 N–H and O–H groups in total. The molecule has 0 aromatic heterocycles. The summed E-state index contributed by atoms with van der Waals surface area (Å²) in [6, 6.07) is 15.4. The van der Waals surface area contributed by atoms with Crippen LogP contribution in [0.3, 0.4) is 0 Å². The van der Waals surface area contributed by atoms with Gasteiger partial charge in [-0.2, -0.15) is 4.57 Å². The lowest BCUT2D eigenvalue weighted by atomic mass is 10.1. The third-order valence-corrected chi connectivity index (χ3v) is 6.19. The molecule has 4 nitrogen and oxygen atoms in total. The lowest BCUT2D eigenvalue weighted by Gasteiger charge is -2.23. The zero-order chi connectivity index (χ0) is 22.1. The Balaban J connectivity index is 2.07. The minimum atomic E-state index is -4.05. The fourth-order valence-electron chi connectivity index (χ4n) is 3.56. The quantitative estimate of drug-likeness (QED) is 0.385. The van der Waals surface area contributed by atoms with Crippen LogP contribution in [0.2, 0.25) is 0 Å². The Kier molecular flexibility index (Phi) is 6.28. The predicted octanol–water partition coefficient (Wildman–Crippen LogP) is 7.49. The van der Waals surface area contributed by atoms with Crippen LogP contribution in [0.5, 0.6) is 17.2 Å². The number of phosphoric acid groups is 1. The van der Waals surface area contributed by atoms with Gasteiger partial charge < -0.3 is 13.6 Å². The first kappa shape index (κ1) is 22.0. The zero-order valence-electron chi connectivity index (χ0n) is 18.7. The molecule has 158 valence electrons. The van der Waals surface area contributed by atoms with Crippen molar-refractivity contribution in [2.45, 2.75) is 48.5 Å². The van der Waals surface area contributed by atoms with E-state index in [1.54, 1.807) is 6.07 Å². The molecule has 0 aliphatic carbocycles. The van der Waals surface area contributed by atoms with Gasteiger partial charge in [0.15, 0.2) is 0 Å². The molecule has 0 spiro atoms. The van der Waals surface area contributed by atoms with Crippen molar-refractivity contribution in [3.63, 3.8) is 0 Å². The third-order valence-electron chi connectivity index (χ3n) is 4.96. The van der Waals surface area contributed by atoms with Crippen LogP contribution in [0, 0.1) is 48.5 Å². The molecule has 0 saturated heterocycles. The molecule has 0 saturated carbocycles. The predicted molar refractivity (Wildman–Crippen MR) is 122 cm³/mol. The van der Waals surface area contributed by atoms with Crippen molar-refractivity contribution in [2.24, 2.45) is 0 Å². The second-order valence-corrected chi connectivity index (χ2v) is 9.38. The molecule has 0 aliphatic heterocycles. The van der Waals surface area contributed by atoms with E-state index in [1.807, 2.05) is 90.9 Å². The summed E-state index contributed by atoms with van der Waals surface area (Å²) in [6.45, 7) is 13.6. The Hall–Kier alpha value is -2.71. The fraction of sp³-hybridized carbons (Fsp3) is 0.280. The van der Waals surface area contributed by atoms with Gasteiger partial charge in [-0.15, -0.1) is 0 Å². The summed E-state index contributed by atoms with van der Waals surface area (Å²) in [5.41, 5.74) is 6.54. The topological polar surface area (TPSA) is 44.8 Å². The van der Waals surface area contributed by atoms with Crippen molar-refractivity contribution < 1.29 is 18.1 Å². The number of para-hydroxylation sites is 1. The standard InChI is InChI=1S/C25H29O4P/c1-16-11-12-23(20(5)13-16)27-30(26,28-24-18(3)9-8-10-19(24)4)29-25-21(6)14-17(2)15-22(25)7/h8-15H,1-7H3/t30-/m0/s1. The lowest BCUT2D eigenvalue weighted by molar-refractivity contribution is 0.295. The van der Waals surface area contributed by atoms with Gasteiger partial charge in [-0.3, -0.25) is 0 Å². The highest BCUT2D eigenvalue weighted by Crippen LogP contribution is 2.52. The number of rotatable bonds is 6. The number of hydrogen-bond donors (Lipinski definition) is 0. The van der Waals surface area contributed by atoms with Crippen LogP contribution in [-0.4, -0.2) is 0 Å². The Bertz CT molecular complexity index is 1090. The van der Waals surface area contributed by atoms with E-state index >= 15 is 0 Å². The highest BCUT2D eigenvalue weighted by molar-refractivity contribution is 7.49. The first-order valence-electron chi connectivity index (χ1n) is 9.98. The van der Waals surface area contributed by atoms with Crippen LogP contribution in [0.15, 0.2) is 48.5 Å². The molecule has 1 atom stereocenters. The highest BCUT2D eigenvalue weighted by Gasteiger charge is 2.35. The highest BCUT2D eigenvalue weighted by atomic mass is 31.2. The SMILES string of the molecule is Cc1ccc(O[P@@](=O)(Oc2c(C)cccc2C)Oc2c(C)cc(C)cc2C)c(C)c1. The van der Waals surface area contributed by atoms with Gasteiger partial charge in [0.1, 0.15) is 17.2 Å². The van der Waals surface area contributed by atoms with Gasteiger partial charge in [0.05, 0.1) is 0 Å². The molecule has 3 rings (SSSR count). The number of hydrogen-bond acceptors (Lipinski definition) is 4. The Labute approximate surface area is 179 Å². The van der Waals surface area contributed by atoms with Crippen LogP contribution in [0.25, 0.3) is 0 Å². The van der Waals surface area contributed by atoms with Crippen LogP contribution in [-0.2, 0) is 4.57 Å². The molecule has 0 bridgehead atoms. The summed E-state index contributed by atoms with van der Waals surface area (Å²) in [5.74, 6) is 1.49. The van der Waals surface area contributed by atoms with E-state index in [1.165, 1.54) is 0 Å². The number of aryl methyl sites for hydroxylation is 7. The molecule has 0 fully saturated rings. The first-order valence-corrected chi connectivity index (χ1v) is 11.4. The molecule has 0 heterocycles. The minimum Gasteiger partial charge on any atom is -0.386 e. The number of benzene rings is 3. The largest absolute Gasteiger partial charge is 0.647 e. The molecule has 0 amide bonds. The summed E-state index contributed by atoms with van der Waals surface area (Å²) in [7, 11) is -4.05. The van der Waals surface area contributed by atoms with E-state index in [0.717, 1.165) is 38.9 Å². The van der Waals surface area contributed by atoms with E-state index < -0.39 is 7.82 Å². The molecule has 0 radical (unpaired) electrons. The van der Waals surface area contributed by atoms with Crippen molar-refractivity contribution >= 4 is 7.82 Å². The van der Waals surface area contributed by atoms with Gasteiger partial charge in [-0.1, -0.05) is 53.6 Å². The molecular formula is C25H29O4P. The Morgan fingerprint density at radius 1 is 0.567 bits per heavy atom. The van der Waals surface area contributed by atoms with Crippen LogP contribution in [0.4, 0.5) is 0 Å². The maximum atomic E-state index is 14.0. The minimum absolute atomic E-state index is 0.470. The summed E-state index contributed by atoms with van der Waals surface area (Å²) in [4.78, 5) is 0. The summed E-state index contributed by atoms with van der Waals surface area (Å²) < 4.78 is 32.0. The molecule has 3 aromatic rings. The Morgan fingerprint density at radius 3 is 1.60 bits per heavy atom. The van der Waals surface area contributed by atoms with Crippen molar-refractivity contribution in [2.75, 3.05) is 0 Å². The zero-order valence-corrected chi connectivity index (χ0v) is 19.6. The second-order valence-electron chi connectivity index (χ2n) is 7.94. The molecule has 0 aliphatic rings. The van der Waals surface area contributed by atoms with Crippen LogP contribution < -0.4 is 13.6 Å². The van der Waals surface area contributed by atoms with Gasteiger partial charge in [-0.25, -0.2) is 0 Å². The third kappa shape index (κ3) is 4.88. The first-order chi connectivity index (χ1) is 14.1. The number of phosphoric ester groups is 1. The Morgan fingerprint density at radius 2 is 1.07 bits per heavy atom. The lowest BCUT2D eigenvalue weighted by Crippen LogP contribution is -2.11. The molecular weight excluding hydrogens is 395 g/mol. The van der Waals surface area contributed by atoms with Crippen molar-refractivity contribution in [3.05, 3.63) is 87.5 Å². The van der Waals surface area contributed by atoms with E-state index in [-0.39, 0.29) is 0 Å². The van der Waals surface area contributed by atoms with Crippen LogP contribution >= 0.6 is 7.82 Å². The van der Waals surface area contributed by atoms with E-state index in [0.29, 0.717) is 17.2 Å². The van der Waals surface area contributed by atoms with Crippen LogP contribution in [0.1, 0.15) is 38.9 Å². The van der Waals surface area contributed by atoms with Gasteiger partial charge >= 0.3 is 7.82 Å². The summed E-state index contributed by atoms with van der Waals surface area (Å²) >= 11 is 0. The van der Waals surface area contributed by atoms with E-state index in [2.05, 4.69) is 0 Å². The van der Waals surface area contributed by atoms with Crippen molar-refractivity contribution in [1.82, 2.24) is 0 Å². The maximum Gasteiger partial charge on any atom is 0.647 e. The normalized spacial score (nSPS) is 12.9.